The Balaban J connectivity index is 1.26. The molecule has 182 valence electrons. The van der Waals surface area contributed by atoms with E-state index in [0.29, 0.717) is 11.7 Å². The molecule has 3 aromatic carbocycles. The van der Waals surface area contributed by atoms with Crippen LogP contribution < -0.4 is 4.74 Å². The van der Waals surface area contributed by atoms with Gasteiger partial charge in [-0.15, -0.1) is 0 Å². The molecule has 3 aromatic rings. The van der Waals surface area contributed by atoms with Gasteiger partial charge in [-0.2, -0.15) is 0 Å². The molecular formula is C33H38O2. The largest absolute Gasteiger partial charge is 0.426 e. The number of rotatable bonds is 9. The normalized spacial score (nSPS) is 18.9. The smallest absolute Gasteiger partial charge is 0.314 e. The van der Waals surface area contributed by atoms with Gasteiger partial charge in [0.05, 0.1) is 5.92 Å². The van der Waals surface area contributed by atoms with Crippen LogP contribution in [0.4, 0.5) is 0 Å². The first-order valence-electron chi connectivity index (χ1n) is 13.2. The minimum atomic E-state index is -0.0649. The Labute approximate surface area is 211 Å². The highest BCUT2D eigenvalue weighted by Gasteiger charge is 2.27. The van der Waals surface area contributed by atoms with Crippen molar-refractivity contribution in [2.24, 2.45) is 11.8 Å². The molecule has 1 saturated carbocycles. The first-order valence-corrected chi connectivity index (χ1v) is 13.2. The molecule has 35 heavy (non-hydrogen) atoms. The van der Waals surface area contributed by atoms with E-state index in [-0.39, 0.29) is 11.9 Å². The molecule has 0 bridgehead atoms. The highest BCUT2D eigenvalue weighted by atomic mass is 16.5. The third-order valence-electron chi connectivity index (χ3n) is 7.33. The summed E-state index contributed by atoms with van der Waals surface area (Å²) in [4.78, 5) is 12.6. The first-order chi connectivity index (χ1) is 17.1. The second-order valence-electron chi connectivity index (χ2n) is 10.1. The summed E-state index contributed by atoms with van der Waals surface area (Å²) in [6.45, 7) is 4.52. The lowest BCUT2D eigenvalue weighted by Gasteiger charge is -2.26. The summed E-state index contributed by atoms with van der Waals surface area (Å²) in [6, 6.07) is 27.3. The van der Waals surface area contributed by atoms with E-state index in [9.17, 15) is 4.79 Å². The molecule has 0 aromatic heterocycles. The highest BCUT2D eigenvalue weighted by Crippen LogP contribution is 2.32. The molecule has 1 aliphatic carbocycles. The summed E-state index contributed by atoms with van der Waals surface area (Å²) >= 11 is 0. The monoisotopic (exact) mass is 466 g/mol. The maximum Gasteiger partial charge on any atom is 0.314 e. The minimum Gasteiger partial charge on any atom is -0.426 e. The van der Waals surface area contributed by atoms with Crippen molar-refractivity contribution in [3.05, 3.63) is 101 Å². The molecule has 0 radical (unpaired) electrons. The molecule has 1 aliphatic rings. The zero-order valence-electron chi connectivity index (χ0n) is 21.2. The molecule has 0 saturated heterocycles. The number of hydrogen-bond acceptors (Lipinski definition) is 2. The Morgan fingerprint density at radius 2 is 1.46 bits per heavy atom. The van der Waals surface area contributed by atoms with E-state index >= 15 is 0 Å². The van der Waals surface area contributed by atoms with E-state index in [4.69, 9.17) is 4.74 Å². The van der Waals surface area contributed by atoms with E-state index in [1.165, 1.54) is 29.5 Å². The van der Waals surface area contributed by atoms with Crippen LogP contribution in [0.25, 0.3) is 12.2 Å². The molecule has 0 amide bonds. The van der Waals surface area contributed by atoms with Crippen LogP contribution in [0.1, 0.15) is 80.5 Å². The van der Waals surface area contributed by atoms with Crippen molar-refractivity contribution in [1.29, 1.82) is 0 Å². The number of carbonyl (C=O) groups is 1. The fourth-order valence-electron chi connectivity index (χ4n) is 5.15. The van der Waals surface area contributed by atoms with Crippen LogP contribution in [0.15, 0.2) is 78.9 Å². The van der Waals surface area contributed by atoms with Gasteiger partial charge < -0.3 is 4.74 Å². The summed E-state index contributed by atoms with van der Waals surface area (Å²) in [5.74, 6) is 1.93. The second-order valence-corrected chi connectivity index (χ2v) is 10.1. The predicted molar refractivity (Wildman–Crippen MR) is 146 cm³/mol. The Bertz CT molecular complexity index is 1070. The summed E-state index contributed by atoms with van der Waals surface area (Å²) in [6.07, 6.45) is 12.0. The average molecular weight is 467 g/mol. The molecule has 0 aliphatic heterocycles. The number of carbonyl (C=O) groups excluding carboxylic acids is 1. The first kappa shape index (κ1) is 25.0. The van der Waals surface area contributed by atoms with Crippen molar-refractivity contribution in [1.82, 2.24) is 0 Å². The van der Waals surface area contributed by atoms with Crippen LogP contribution in [0, 0.1) is 11.8 Å². The summed E-state index contributed by atoms with van der Waals surface area (Å²) in [5.41, 5.74) is 5.00. The van der Waals surface area contributed by atoms with E-state index < -0.39 is 0 Å². The number of hydrogen-bond donors (Lipinski definition) is 0. The minimum absolute atomic E-state index is 0.0568. The Kier molecular flexibility index (Phi) is 8.95. The lowest BCUT2D eigenvalue weighted by atomic mass is 9.80. The van der Waals surface area contributed by atoms with Gasteiger partial charge in [-0.3, -0.25) is 4.79 Å². The van der Waals surface area contributed by atoms with Gasteiger partial charge in [0.15, 0.2) is 0 Å². The molecule has 2 heteroatoms. The maximum absolute atomic E-state index is 12.6. The lowest BCUT2D eigenvalue weighted by molar-refractivity contribution is -0.140. The van der Waals surface area contributed by atoms with Crippen molar-refractivity contribution in [3.8, 4) is 5.75 Å². The molecule has 0 unspecified atom stereocenters. The van der Waals surface area contributed by atoms with Gasteiger partial charge in [0.2, 0.25) is 0 Å². The highest BCUT2D eigenvalue weighted by molar-refractivity contribution is 5.75. The Morgan fingerprint density at radius 1 is 0.857 bits per heavy atom. The van der Waals surface area contributed by atoms with Gasteiger partial charge in [0.1, 0.15) is 5.75 Å². The van der Waals surface area contributed by atoms with Crippen LogP contribution >= 0.6 is 0 Å². The number of ether oxygens (including phenoxy) is 1. The van der Waals surface area contributed by atoms with Gasteiger partial charge in [-0.1, -0.05) is 106 Å². The van der Waals surface area contributed by atoms with Gasteiger partial charge in [-0.25, -0.2) is 0 Å². The van der Waals surface area contributed by atoms with Gasteiger partial charge in [0, 0.05) is 0 Å². The maximum atomic E-state index is 12.6. The van der Waals surface area contributed by atoms with Gasteiger partial charge >= 0.3 is 5.97 Å². The molecule has 1 fully saturated rings. The molecular weight excluding hydrogens is 428 g/mol. The van der Waals surface area contributed by atoms with Crippen LogP contribution in [0.3, 0.4) is 0 Å². The lowest BCUT2D eigenvalue weighted by Crippen LogP contribution is -2.25. The fourth-order valence-corrected chi connectivity index (χ4v) is 5.15. The van der Waals surface area contributed by atoms with E-state index in [0.717, 1.165) is 43.6 Å². The Hall–Kier alpha value is -3.13. The third-order valence-corrected chi connectivity index (χ3v) is 7.33. The van der Waals surface area contributed by atoms with Gasteiger partial charge in [-0.05, 0) is 78.3 Å². The van der Waals surface area contributed by atoms with Crippen molar-refractivity contribution in [2.45, 2.75) is 64.7 Å². The SMILES string of the molecule is CCCC1CCC(C(=O)Oc2ccc(C=Cc3ccc(C[C@H](C)c4ccccc4)cc3)cc2)CC1. The van der Waals surface area contributed by atoms with Gasteiger partial charge in [0.25, 0.3) is 0 Å². The van der Waals surface area contributed by atoms with E-state index in [1.807, 2.05) is 24.3 Å². The van der Waals surface area contributed by atoms with Crippen LogP contribution in [-0.4, -0.2) is 5.97 Å². The van der Waals surface area contributed by atoms with Crippen molar-refractivity contribution >= 4 is 18.1 Å². The topological polar surface area (TPSA) is 26.3 Å². The zero-order valence-corrected chi connectivity index (χ0v) is 21.2. The molecule has 4 rings (SSSR count). The summed E-state index contributed by atoms with van der Waals surface area (Å²) < 4.78 is 5.68. The molecule has 0 spiro atoms. The number of benzene rings is 3. The van der Waals surface area contributed by atoms with Crippen molar-refractivity contribution < 1.29 is 9.53 Å². The summed E-state index contributed by atoms with van der Waals surface area (Å²) in [7, 11) is 0. The standard InChI is InChI=1S/C33H38O2/c1-3-7-26-16-20-31(21-17-26)33(34)35-32-22-18-28(19-23-32)11-10-27-12-14-29(15-13-27)24-25(2)30-8-5-4-6-9-30/h4-6,8-15,18-19,22-23,25-26,31H,3,7,16-17,20-21,24H2,1-2H3/t25-,26?,31?/m0/s1. The van der Waals surface area contributed by atoms with Crippen molar-refractivity contribution in [3.63, 3.8) is 0 Å². The van der Waals surface area contributed by atoms with Crippen LogP contribution in [-0.2, 0) is 11.2 Å². The fraction of sp³-hybridized carbons (Fsp3) is 0.364. The number of esters is 1. The van der Waals surface area contributed by atoms with E-state index in [2.05, 4.69) is 80.6 Å². The Morgan fingerprint density at radius 3 is 2.06 bits per heavy atom. The third kappa shape index (κ3) is 7.42. The molecule has 0 heterocycles. The average Bonchev–Trinajstić information content (AvgIpc) is 2.90. The van der Waals surface area contributed by atoms with Crippen LogP contribution in [0.2, 0.25) is 0 Å². The van der Waals surface area contributed by atoms with E-state index in [1.54, 1.807) is 0 Å². The molecule has 1 atom stereocenters. The zero-order chi connectivity index (χ0) is 24.5. The molecule has 2 nitrogen and oxygen atoms in total. The van der Waals surface area contributed by atoms with Crippen molar-refractivity contribution in [2.75, 3.05) is 0 Å². The van der Waals surface area contributed by atoms with Crippen LogP contribution in [0.5, 0.6) is 5.75 Å². The second kappa shape index (κ2) is 12.5. The summed E-state index contributed by atoms with van der Waals surface area (Å²) in [5, 5.41) is 0. The predicted octanol–water partition coefficient (Wildman–Crippen LogP) is 8.72. The molecule has 0 N–H and O–H groups in total. The quantitative estimate of drug-likeness (QED) is 0.179.